The first kappa shape index (κ1) is 23.8. The number of aryl methyl sites for hydroxylation is 2. The van der Waals surface area contributed by atoms with Crippen molar-refractivity contribution in [1.29, 1.82) is 0 Å². The van der Waals surface area contributed by atoms with E-state index >= 15 is 0 Å². The first-order valence-corrected chi connectivity index (χ1v) is 10.9. The van der Waals surface area contributed by atoms with E-state index in [1.807, 2.05) is 40.7 Å². The molecular weight excluding hydrogens is 422 g/mol. The Hall–Kier alpha value is -3.81. The second kappa shape index (κ2) is 11.2. The minimum Gasteiger partial charge on any atom is -0.490 e. The number of nitrogens with one attached hydrogen (secondary N) is 1. The molecule has 33 heavy (non-hydrogen) atoms. The average molecular weight is 452 g/mol. The number of benzene rings is 2. The lowest BCUT2D eigenvalue weighted by Crippen LogP contribution is -2.13. The van der Waals surface area contributed by atoms with E-state index in [-0.39, 0.29) is 11.9 Å². The van der Waals surface area contributed by atoms with Crippen LogP contribution in [0.15, 0.2) is 42.5 Å². The van der Waals surface area contributed by atoms with Gasteiger partial charge in [0.05, 0.1) is 19.8 Å². The third-order valence-corrected chi connectivity index (χ3v) is 4.45. The van der Waals surface area contributed by atoms with Gasteiger partial charge >= 0.3 is 6.01 Å². The van der Waals surface area contributed by atoms with Crippen LogP contribution < -0.4 is 24.3 Å². The second-order valence-electron chi connectivity index (χ2n) is 7.11. The number of ether oxygens (including phenoxy) is 4. The summed E-state index contributed by atoms with van der Waals surface area (Å²) in [6, 6.07) is 12.4. The fourth-order valence-electron chi connectivity index (χ4n) is 3.17. The van der Waals surface area contributed by atoms with Crippen LogP contribution in [-0.4, -0.2) is 35.7 Å². The van der Waals surface area contributed by atoms with E-state index in [9.17, 15) is 4.79 Å². The van der Waals surface area contributed by atoms with Gasteiger partial charge in [-0.1, -0.05) is 0 Å². The molecule has 0 aliphatic carbocycles. The molecule has 8 heteroatoms. The molecule has 0 radical (unpaired) electrons. The maximum Gasteiger partial charge on any atom is 0.322 e. The zero-order valence-electron chi connectivity index (χ0n) is 19.6. The summed E-state index contributed by atoms with van der Waals surface area (Å²) in [5.41, 5.74) is 2.66. The van der Waals surface area contributed by atoms with Crippen LogP contribution >= 0.6 is 0 Å². The van der Waals surface area contributed by atoms with Crippen molar-refractivity contribution in [2.75, 3.05) is 25.1 Å². The number of aromatic nitrogens is 2. The number of amides is 1. The van der Waals surface area contributed by atoms with Crippen molar-refractivity contribution >= 4 is 11.6 Å². The SMILES string of the molecule is CCOc1cc(C(=O)Nc2ccc(Oc3nc(C)cc(C)n3)cc2)cc(OCC)c1OCC. The molecule has 0 bridgehead atoms. The van der Waals surface area contributed by atoms with Crippen LogP contribution in [0.5, 0.6) is 29.0 Å². The number of carbonyl (C=O) groups excluding carboxylic acids is 1. The summed E-state index contributed by atoms with van der Waals surface area (Å²) < 4.78 is 22.8. The Morgan fingerprint density at radius 2 is 1.36 bits per heavy atom. The summed E-state index contributed by atoms with van der Waals surface area (Å²) in [7, 11) is 0. The second-order valence-corrected chi connectivity index (χ2v) is 7.11. The van der Waals surface area contributed by atoms with Crippen molar-refractivity contribution in [2.24, 2.45) is 0 Å². The molecule has 0 saturated heterocycles. The fourth-order valence-corrected chi connectivity index (χ4v) is 3.17. The molecule has 1 aromatic heterocycles. The van der Waals surface area contributed by atoms with Crippen molar-refractivity contribution in [2.45, 2.75) is 34.6 Å². The molecule has 1 N–H and O–H groups in total. The minimum atomic E-state index is -0.300. The van der Waals surface area contributed by atoms with Crippen molar-refractivity contribution in [3.05, 3.63) is 59.4 Å². The number of carbonyl (C=O) groups is 1. The third kappa shape index (κ3) is 6.35. The maximum absolute atomic E-state index is 12.9. The monoisotopic (exact) mass is 451 g/mol. The zero-order chi connectivity index (χ0) is 23.8. The number of hydrogen-bond donors (Lipinski definition) is 1. The molecule has 0 aliphatic rings. The Morgan fingerprint density at radius 3 is 1.88 bits per heavy atom. The third-order valence-electron chi connectivity index (χ3n) is 4.45. The lowest BCUT2D eigenvalue weighted by molar-refractivity contribution is 0.102. The largest absolute Gasteiger partial charge is 0.490 e. The first-order valence-electron chi connectivity index (χ1n) is 10.9. The van der Waals surface area contributed by atoms with Crippen LogP contribution in [0.4, 0.5) is 5.69 Å². The van der Waals surface area contributed by atoms with Gasteiger partial charge in [-0.3, -0.25) is 4.79 Å². The Morgan fingerprint density at radius 1 is 0.818 bits per heavy atom. The van der Waals surface area contributed by atoms with Crippen LogP contribution in [0.2, 0.25) is 0 Å². The quantitative estimate of drug-likeness (QED) is 0.445. The molecule has 0 saturated carbocycles. The molecule has 8 nitrogen and oxygen atoms in total. The topological polar surface area (TPSA) is 91.8 Å². The van der Waals surface area contributed by atoms with Gasteiger partial charge in [0.2, 0.25) is 5.75 Å². The van der Waals surface area contributed by atoms with Crippen molar-refractivity contribution in [1.82, 2.24) is 9.97 Å². The highest BCUT2D eigenvalue weighted by Crippen LogP contribution is 2.39. The number of nitrogens with zero attached hydrogens (tertiary/aromatic N) is 2. The molecule has 2 aromatic carbocycles. The standard InChI is InChI=1S/C25H29N3O5/c1-6-30-21-14-18(15-22(31-7-2)23(21)32-8-3)24(29)28-19-9-11-20(12-10-19)33-25-26-16(4)13-17(5)27-25/h9-15H,6-8H2,1-5H3,(H,28,29). The predicted molar refractivity (Wildman–Crippen MR) is 126 cm³/mol. The zero-order valence-corrected chi connectivity index (χ0v) is 19.6. The van der Waals surface area contributed by atoms with Gasteiger partial charge in [-0.05, 0) is 77.1 Å². The fraction of sp³-hybridized carbons (Fsp3) is 0.320. The minimum absolute atomic E-state index is 0.283. The molecule has 0 unspecified atom stereocenters. The molecule has 174 valence electrons. The van der Waals surface area contributed by atoms with Crippen LogP contribution in [0.3, 0.4) is 0 Å². The summed E-state index contributed by atoms with van der Waals surface area (Å²) in [4.78, 5) is 21.5. The summed E-state index contributed by atoms with van der Waals surface area (Å²) in [5.74, 6) is 1.69. The van der Waals surface area contributed by atoms with Gasteiger partial charge in [-0.2, -0.15) is 0 Å². The van der Waals surface area contributed by atoms with Crippen molar-refractivity contribution in [3.8, 4) is 29.0 Å². The van der Waals surface area contributed by atoms with E-state index in [2.05, 4.69) is 15.3 Å². The summed E-state index contributed by atoms with van der Waals surface area (Å²) >= 11 is 0. The van der Waals surface area contributed by atoms with Gasteiger partial charge in [0.15, 0.2) is 11.5 Å². The maximum atomic E-state index is 12.9. The molecule has 1 amide bonds. The Balaban J connectivity index is 1.77. The predicted octanol–water partition coefficient (Wildman–Crippen LogP) is 5.33. The Labute approximate surface area is 193 Å². The first-order chi connectivity index (χ1) is 15.9. The molecule has 1 heterocycles. The van der Waals surface area contributed by atoms with Crippen molar-refractivity contribution in [3.63, 3.8) is 0 Å². The van der Waals surface area contributed by atoms with Crippen LogP contribution in [-0.2, 0) is 0 Å². The van der Waals surface area contributed by atoms with Gasteiger partial charge < -0.3 is 24.3 Å². The summed E-state index contributed by atoms with van der Waals surface area (Å²) in [6.45, 7) is 10.7. The molecule has 0 spiro atoms. The van der Waals surface area contributed by atoms with Crippen molar-refractivity contribution < 1.29 is 23.7 Å². The van der Waals surface area contributed by atoms with Crippen LogP contribution in [0.25, 0.3) is 0 Å². The van der Waals surface area contributed by atoms with E-state index in [4.69, 9.17) is 18.9 Å². The smallest absolute Gasteiger partial charge is 0.322 e. The lowest BCUT2D eigenvalue weighted by atomic mass is 10.1. The summed E-state index contributed by atoms with van der Waals surface area (Å²) in [5, 5.41) is 2.88. The van der Waals surface area contributed by atoms with E-state index < -0.39 is 0 Å². The molecule has 0 atom stereocenters. The Kier molecular flexibility index (Phi) is 8.07. The summed E-state index contributed by atoms with van der Waals surface area (Å²) in [6.07, 6.45) is 0. The van der Waals surface area contributed by atoms with Crippen LogP contribution in [0, 0.1) is 13.8 Å². The van der Waals surface area contributed by atoms with E-state index in [0.29, 0.717) is 54.1 Å². The van der Waals surface area contributed by atoms with Crippen LogP contribution in [0.1, 0.15) is 42.5 Å². The van der Waals surface area contributed by atoms with Gasteiger partial charge in [0.25, 0.3) is 5.91 Å². The number of hydrogen-bond acceptors (Lipinski definition) is 7. The highest BCUT2D eigenvalue weighted by molar-refractivity contribution is 6.05. The van der Waals surface area contributed by atoms with E-state index in [0.717, 1.165) is 11.4 Å². The number of rotatable bonds is 10. The molecule has 0 fully saturated rings. The highest BCUT2D eigenvalue weighted by Gasteiger charge is 2.18. The van der Waals surface area contributed by atoms with E-state index in [1.54, 1.807) is 36.4 Å². The van der Waals surface area contributed by atoms with Gasteiger partial charge in [0, 0.05) is 22.6 Å². The molecule has 3 rings (SSSR count). The normalized spacial score (nSPS) is 10.5. The average Bonchev–Trinajstić information content (AvgIpc) is 2.76. The lowest BCUT2D eigenvalue weighted by Gasteiger charge is -2.17. The van der Waals surface area contributed by atoms with Gasteiger partial charge in [0.1, 0.15) is 5.75 Å². The van der Waals surface area contributed by atoms with Gasteiger partial charge in [-0.15, -0.1) is 0 Å². The molecule has 0 aliphatic heterocycles. The molecular formula is C25H29N3O5. The van der Waals surface area contributed by atoms with Gasteiger partial charge in [-0.25, -0.2) is 9.97 Å². The van der Waals surface area contributed by atoms with E-state index in [1.165, 1.54) is 0 Å². The number of anilines is 1. The molecule has 3 aromatic rings. The highest BCUT2D eigenvalue weighted by atomic mass is 16.5. The Bertz CT molecular complexity index is 1050.